The fourth-order valence-corrected chi connectivity index (χ4v) is 2.50. The third kappa shape index (κ3) is 2.95. The third-order valence-corrected chi connectivity index (χ3v) is 4.66. The van der Waals surface area contributed by atoms with Crippen molar-refractivity contribution >= 4 is 33.6 Å². The summed E-state index contributed by atoms with van der Waals surface area (Å²) in [4.78, 5) is 24.5. The highest BCUT2D eigenvalue weighted by Crippen LogP contribution is 2.27. The first-order valence-electron chi connectivity index (χ1n) is 6.44. The Morgan fingerprint density at radius 2 is 2.10 bits per heavy atom. The van der Waals surface area contributed by atoms with E-state index < -0.39 is 11.9 Å². The average molecular weight is 341 g/mol. The average Bonchev–Trinajstić information content (AvgIpc) is 2.33. The summed E-state index contributed by atoms with van der Waals surface area (Å²) in [6.45, 7) is 4.59. The number of carbonyl (C=O) groups is 2. The Labute approximate surface area is 126 Å². The van der Waals surface area contributed by atoms with Gasteiger partial charge in [-0.3, -0.25) is 4.79 Å². The quantitative estimate of drug-likeness (QED) is 0.888. The van der Waals surface area contributed by atoms with E-state index in [1.807, 2.05) is 25.1 Å². The Morgan fingerprint density at radius 1 is 1.45 bits per heavy atom. The van der Waals surface area contributed by atoms with Crippen LogP contribution in [-0.4, -0.2) is 35.1 Å². The van der Waals surface area contributed by atoms with Crippen molar-refractivity contribution in [2.24, 2.45) is 11.8 Å². The second-order valence-corrected chi connectivity index (χ2v) is 5.99. The number of anilines is 1. The van der Waals surface area contributed by atoms with E-state index in [0.717, 1.165) is 15.7 Å². The predicted octanol–water partition coefficient (Wildman–Crippen LogP) is 2.94. The molecule has 5 nitrogen and oxygen atoms in total. The molecule has 6 heteroatoms. The number of hydrogen-bond donors (Lipinski definition) is 2. The van der Waals surface area contributed by atoms with E-state index in [1.165, 1.54) is 0 Å². The molecule has 1 saturated heterocycles. The van der Waals surface area contributed by atoms with Gasteiger partial charge in [0.25, 0.3) is 0 Å². The normalized spacial score (nSPS) is 16.4. The summed E-state index contributed by atoms with van der Waals surface area (Å²) in [6, 6.07) is 5.44. The van der Waals surface area contributed by atoms with Crippen LogP contribution >= 0.6 is 15.9 Å². The van der Waals surface area contributed by atoms with Crippen molar-refractivity contribution in [2.75, 3.05) is 18.4 Å². The van der Waals surface area contributed by atoms with Crippen molar-refractivity contribution in [1.82, 2.24) is 4.90 Å². The topological polar surface area (TPSA) is 69.6 Å². The van der Waals surface area contributed by atoms with Crippen LogP contribution < -0.4 is 5.32 Å². The zero-order valence-corrected chi connectivity index (χ0v) is 13.0. The van der Waals surface area contributed by atoms with Gasteiger partial charge < -0.3 is 15.3 Å². The first-order chi connectivity index (χ1) is 9.40. The number of rotatable bonds is 3. The molecule has 108 valence electrons. The Balaban J connectivity index is 1.92. The lowest BCUT2D eigenvalue weighted by Gasteiger charge is -2.41. The van der Waals surface area contributed by atoms with Crippen LogP contribution in [0.15, 0.2) is 22.7 Å². The van der Waals surface area contributed by atoms with Crippen molar-refractivity contribution in [1.29, 1.82) is 0 Å². The van der Waals surface area contributed by atoms with Gasteiger partial charge in [0, 0.05) is 29.2 Å². The van der Waals surface area contributed by atoms with E-state index in [-0.39, 0.29) is 11.9 Å². The van der Waals surface area contributed by atoms with E-state index >= 15 is 0 Å². The number of carbonyl (C=O) groups excluding carboxylic acids is 1. The Bertz CT molecular complexity index is 541. The number of nitrogens with zero attached hydrogens (tertiary/aromatic N) is 1. The third-order valence-electron chi connectivity index (χ3n) is 3.80. The molecular formula is C14H17BrN2O3. The lowest BCUT2D eigenvalue weighted by atomic mass is 9.87. The van der Waals surface area contributed by atoms with Crippen LogP contribution in [0, 0.1) is 18.8 Å². The van der Waals surface area contributed by atoms with Gasteiger partial charge in [-0.05, 0) is 24.6 Å². The van der Waals surface area contributed by atoms with Gasteiger partial charge in [-0.15, -0.1) is 0 Å². The molecule has 1 aliphatic rings. The van der Waals surface area contributed by atoms with Crippen LogP contribution in [0.3, 0.4) is 0 Å². The number of hydrogen-bond acceptors (Lipinski definition) is 2. The molecule has 2 N–H and O–H groups in total. The number of urea groups is 1. The molecule has 20 heavy (non-hydrogen) atoms. The molecule has 0 saturated carbocycles. The van der Waals surface area contributed by atoms with Crippen LogP contribution in [0.1, 0.15) is 12.5 Å². The van der Waals surface area contributed by atoms with Gasteiger partial charge >= 0.3 is 12.0 Å². The van der Waals surface area contributed by atoms with Crippen LogP contribution in [-0.2, 0) is 4.79 Å². The van der Waals surface area contributed by atoms with Crippen molar-refractivity contribution in [3.63, 3.8) is 0 Å². The van der Waals surface area contributed by atoms with E-state index in [0.29, 0.717) is 13.1 Å². The smallest absolute Gasteiger partial charge is 0.321 e. The molecule has 1 aliphatic heterocycles. The van der Waals surface area contributed by atoms with Gasteiger partial charge in [-0.1, -0.05) is 28.9 Å². The summed E-state index contributed by atoms with van der Waals surface area (Å²) in [5, 5.41) is 11.8. The van der Waals surface area contributed by atoms with E-state index in [9.17, 15) is 9.59 Å². The number of benzene rings is 1. The number of halogens is 1. The molecule has 1 fully saturated rings. The van der Waals surface area contributed by atoms with E-state index in [2.05, 4.69) is 21.2 Å². The summed E-state index contributed by atoms with van der Waals surface area (Å²) in [5.74, 6) is -1.17. The highest BCUT2D eigenvalue weighted by atomic mass is 79.9. The molecule has 1 aromatic rings. The maximum Gasteiger partial charge on any atom is 0.321 e. The van der Waals surface area contributed by atoms with Gasteiger partial charge in [0.1, 0.15) is 0 Å². The van der Waals surface area contributed by atoms with Crippen LogP contribution in [0.5, 0.6) is 0 Å². The number of amides is 2. The second kappa shape index (κ2) is 5.83. The lowest BCUT2D eigenvalue weighted by molar-refractivity contribution is -0.144. The highest BCUT2D eigenvalue weighted by molar-refractivity contribution is 9.10. The molecule has 0 bridgehead atoms. The van der Waals surface area contributed by atoms with Crippen LogP contribution in [0.2, 0.25) is 0 Å². The van der Waals surface area contributed by atoms with Gasteiger partial charge in [0.15, 0.2) is 0 Å². The molecule has 1 heterocycles. The molecule has 0 aromatic heterocycles. The van der Waals surface area contributed by atoms with Crippen molar-refractivity contribution in [2.45, 2.75) is 13.8 Å². The van der Waals surface area contributed by atoms with Gasteiger partial charge in [0.2, 0.25) is 0 Å². The summed E-state index contributed by atoms with van der Waals surface area (Å²) in [7, 11) is 0. The minimum absolute atomic E-state index is 0.0434. The largest absolute Gasteiger partial charge is 0.481 e. The van der Waals surface area contributed by atoms with Gasteiger partial charge in [-0.25, -0.2) is 4.79 Å². The Morgan fingerprint density at radius 3 is 2.70 bits per heavy atom. The molecule has 0 radical (unpaired) electrons. The standard InChI is InChI=1S/C14H17BrN2O3/c1-8(13(18)19)10-6-17(7-10)14(20)16-12-5-3-4-11(15)9(12)2/h3-5,8,10H,6-7H2,1-2H3,(H,16,20)(H,18,19). The number of nitrogens with one attached hydrogen (secondary N) is 1. The Kier molecular flexibility index (Phi) is 4.32. The second-order valence-electron chi connectivity index (χ2n) is 5.13. The van der Waals surface area contributed by atoms with Crippen molar-refractivity contribution in [3.05, 3.63) is 28.2 Å². The van der Waals surface area contributed by atoms with E-state index in [1.54, 1.807) is 11.8 Å². The van der Waals surface area contributed by atoms with Crippen LogP contribution in [0.4, 0.5) is 10.5 Å². The zero-order valence-electron chi connectivity index (χ0n) is 11.4. The fourth-order valence-electron chi connectivity index (χ4n) is 2.13. The molecule has 2 amide bonds. The summed E-state index contributed by atoms with van der Waals surface area (Å²) in [6.07, 6.45) is 0. The van der Waals surface area contributed by atoms with Crippen LogP contribution in [0.25, 0.3) is 0 Å². The number of likely N-dealkylation sites (tertiary alicyclic amines) is 1. The summed E-state index contributed by atoms with van der Waals surface area (Å²) >= 11 is 3.42. The first kappa shape index (κ1) is 14.8. The lowest BCUT2D eigenvalue weighted by Crippen LogP contribution is -2.54. The molecule has 1 aromatic carbocycles. The van der Waals surface area contributed by atoms with Gasteiger partial charge in [-0.2, -0.15) is 0 Å². The zero-order chi connectivity index (χ0) is 14.9. The minimum Gasteiger partial charge on any atom is -0.481 e. The first-order valence-corrected chi connectivity index (χ1v) is 7.23. The maximum absolute atomic E-state index is 12.0. The number of carboxylic acids is 1. The summed E-state index contributed by atoms with van der Waals surface area (Å²) in [5.41, 5.74) is 1.73. The molecule has 1 atom stereocenters. The molecule has 0 spiro atoms. The molecular weight excluding hydrogens is 324 g/mol. The highest BCUT2D eigenvalue weighted by Gasteiger charge is 2.37. The fraction of sp³-hybridized carbons (Fsp3) is 0.429. The molecule has 2 rings (SSSR count). The molecule has 0 aliphatic carbocycles. The van der Waals surface area contributed by atoms with E-state index in [4.69, 9.17) is 5.11 Å². The predicted molar refractivity (Wildman–Crippen MR) is 79.8 cm³/mol. The summed E-state index contributed by atoms with van der Waals surface area (Å²) < 4.78 is 0.941. The monoisotopic (exact) mass is 340 g/mol. The van der Waals surface area contributed by atoms with Crippen molar-refractivity contribution < 1.29 is 14.7 Å². The van der Waals surface area contributed by atoms with Crippen molar-refractivity contribution in [3.8, 4) is 0 Å². The molecule has 1 unspecified atom stereocenters. The number of aliphatic carboxylic acids is 1. The SMILES string of the molecule is Cc1c(Br)cccc1NC(=O)N1CC(C(C)C(=O)O)C1. The van der Waals surface area contributed by atoms with Gasteiger partial charge in [0.05, 0.1) is 5.92 Å². The Hall–Kier alpha value is -1.56. The minimum atomic E-state index is -0.808. The number of carboxylic acid groups (broad SMARTS) is 1. The maximum atomic E-state index is 12.0.